The quantitative estimate of drug-likeness (QED) is 0.482. The molecule has 0 rings (SSSR count). The van der Waals surface area contributed by atoms with E-state index < -0.39 is 18.6 Å². The molecular weight excluding hydrogens is 175 g/mol. The van der Waals surface area contributed by atoms with Crippen LogP contribution in [-0.2, 0) is 14.3 Å². The van der Waals surface area contributed by atoms with Crippen LogP contribution in [0, 0.1) is 5.92 Å². The number of hydrogen-bond acceptors (Lipinski definition) is 3. The Morgan fingerprint density at radius 3 is 2.62 bits per heavy atom. The van der Waals surface area contributed by atoms with Gasteiger partial charge in [0.05, 0.1) is 13.0 Å². The number of methoxy groups -OCH3 is 1. The van der Waals surface area contributed by atoms with Gasteiger partial charge in [0, 0.05) is 5.57 Å². The lowest BCUT2D eigenvalue weighted by molar-refractivity contribution is -0.146. The number of carbonyl (C=O) groups excluding carboxylic acids is 2. The van der Waals surface area contributed by atoms with Gasteiger partial charge in [0.1, 0.15) is 12.6 Å². The average Bonchev–Trinajstić information content (AvgIpc) is 2.17. The van der Waals surface area contributed by atoms with Gasteiger partial charge in [0.15, 0.2) is 0 Å². The first-order valence-corrected chi connectivity index (χ1v) is 4.00. The van der Waals surface area contributed by atoms with Crippen molar-refractivity contribution in [1.82, 2.24) is 0 Å². The van der Waals surface area contributed by atoms with E-state index in [0.29, 0.717) is 18.4 Å². The van der Waals surface area contributed by atoms with Crippen molar-refractivity contribution in [1.29, 1.82) is 0 Å². The van der Waals surface area contributed by atoms with Gasteiger partial charge < -0.3 is 4.74 Å². The zero-order chi connectivity index (χ0) is 10.3. The van der Waals surface area contributed by atoms with Crippen LogP contribution in [0.5, 0.6) is 0 Å². The van der Waals surface area contributed by atoms with Crippen LogP contribution in [0.3, 0.4) is 0 Å². The molecule has 74 valence electrons. The molecule has 0 saturated carbocycles. The summed E-state index contributed by atoms with van der Waals surface area (Å²) >= 11 is 0. The predicted molar refractivity (Wildman–Crippen MR) is 45.6 cm³/mol. The van der Waals surface area contributed by atoms with Crippen molar-refractivity contribution >= 4 is 11.9 Å². The second-order valence-corrected chi connectivity index (χ2v) is 2.80. The number of rotatable bonds is 5. The van der Waals surface area contributed by atoms with Gasteiger partial charge in [0.25, 0.3) is 0 Å². The molecule has 0 radical (unpaired) electrons. The standard InChI is InChI=1S/C9H13FO3/c1-7(6-11)3-4-8(5-10)9(12)13-2/h8H,3-5H2,1-2H3. The third-order valence-electron chi connectivity index (χ3n) is 1.76. The monoisotopic (exact) mass is 188 g/mol. The third-order valence-corrected chi connectivity index (χ3v) is 1.76. The van der Waals surface area contributed by atoms with Crippen LogP contribution in [0.15, 0.2) is 5.57 Å². The SMILES string of the molecule is COC(=O)C(CF)CCC(C)=C=O. The molecule has 0 aliphatic heterocycles. The highest BCUT2D eigenvalue weighted by Crippen LogP contribution is 2.12. The molecule has 0 aromatic heterocycles. The maximum absolute atomic E-state index is 12.2. The van der Waals surface area contributed by atoms with E-state index in [0.717, 1.165) is 0 Å². The summed E-state index contributed by atoms with van der Waals surface area (Å²) in [5.74, 6) is 0.369. The molecule has 1 unspecified atom stereocenters. The first-order chi connectivity index (χ1) is 6.15. The fourth-order valence-corrected chi connectivity index (χ4v) is 0.866. The van der Waals surface area contributed by atoms with Crippen molar-refractivity contribution in [3.8, 4) is 0 Å². The summed E-state index contributed by atoms with van der Waals surface area (Å²) in [6.45, 7) is 0.846. The Morgan fingerprint density at radius 1 is 1.62 bits per heavy atom. The summed E-state index contributed by atoms with van der Waals surface area (Å²) in [5, 5.41) is 0. The highest BCUT2D eigenvalue weighted by Gasteiger charge is 2.18. The van der Waals surface area contributed by atoms with Crippen molar-refractivity contribution in [3.05, 3.63) is 5.57 Å². The maximum atomic E-state index is 12.2. The molecule has 0 fully saturated rings. The summed E-state index contributed by atoms with van der Waals surface area (Å²) in [6, 6.07) is 0. The Kier molecular flexibility index (Phi) is 5.81. The van der Waals surface area contributed by atoms with Crippen LogP contribution in [-0.4, -0.2) is 25.7 Å². The zero-order valence-electron chi connectivity index (χ0n) is 7.80. The van der Waals surface area contributed by atoms with E-state index in [1.165, 1.54) is 7.11 Å². The Bertz CT molecular complexity index is 219. The van der Waals surface area contributed by atoms with Gasteiger partial charge in [-0.3, -0.25) is 9.18 Å². The largest absolute Gasteiger partial charge is 0.469 e. The molecule has 0 spiro atoms. The second kappa shape index (κ2) is 6.38. The number of halogens is 1. The molecule has 0 aromatic carbocycles. The highest BCUT2D eigenvalue weighted by molar-refractivity contribution is 5.72. The van der Waals surface area contributed by atoms with Gasteiger partial charge in [-0.1, -0.05) is 0 Å². The van der Waals surface area contributed by atoms with Crippen LogP contribution in [0.2, 0.25) is 0 Å². The van der Waals surface area contributed by atoms with Crippen molar-refractivity contribution < 1.29 is 18.7 Å². The predicted octanol–water partition coefficient (Wildman–Crippen LogP) is 1.30. The lowest BCUT2D eigenvalue weighted by Gasteiger charge is -2.09. The molecule has 0 aliphatic rings. The minimum Gasteiger partial charge on any atom is -0.469 e. The molecule has 0 saturated heterocycles. The summed E-state index contributed by atoms with van der Waals surface area (Å²) in [4.78, 5) is 20.9. The van der Waals surface area contributed by atoms with E-state index in [4.69, 9.17) is 0 Å². The molecule has 1 atom stereocenters. The van der Waals surface area contributed by atoms with Crippen molar-refractivity contribution in [3.63, 3.8) is 0 Å². The fraction of sp³-hybridized carbons (Fsp3) is 0.667. The summed E-state index contributed by atoms with van der Waals surface area (Å²) in [7, 11) is 1.22. The Morgan fingerprint density at radius 2 is 2.23 bits per heavy atom. The van der Waals surface area contributed by atoms with Gasteiger partial charge in [-0.15, -0.1) is 0 Å². The van der Waals surface area contributed by atoms with Crippen molar-refractivity contribution in [2.45, 2.75) is 19.8 Å². The Balaban J connectivity index is 3.99. The van der Waals surface area contributed by atoms with Crippen LogP contribution in [0.4, 0.5) is 4.39 Å². The lowest BCUT2D eigenvalue weighted by Crippen LogP contribution is -2.18. The van der Waals surface area contributed by atoms with Crippen LogP contribution in [0.25, 0.3) is 0 Å². The van der Waals surface area contributed by atoms with E-state index >= 15 is 0 Å². The van der Waals surface area contributed by atoms with Crippen molar-refractivity contribution in [2.24, 2.45) is 5.92 Å². The molecule has 0 amide bonds. The van der Waals surface area contributed by atoms with Gasteiger partial charge in [0.2, 0.25) is 0 Å². The molecule has 13 heavy (non-hydrogen) atoms. The van der Waals surface area contributed by atoms with E-state index in [2.05, 4.69) is 4.74 Å². The normalized spacial score (nSPS) is 11.6. The highest BCUT2D eigenvalue weighted by atomic mass is 19.1. The van der Waals surface area contributed by atoms with Crippen LogP contribution in [0.1, 0.15) is 19.8 Å². The fourth-order valence-electron chi connectivity index (χ4n) is 0.866. The first kappa shape index (κ1) is 11.8. The molecule has 0 heterocycles. The topological polar surface area (TPSA) is 43.4 Å². The summed E-state index contributed by atoms with van der Waals surface area (Å²) in [5.41, 5.74) is 0.488. The smallest absolute Gasteiger partial charge is 0.311 e. The Labute approximate surface area is 76.6 Å². The molecule has 3 nitrogen and oxygen atoms in total. The number of alkyl halides is 1. The average molecular weight is 188 g/mol. The van der Waals surface area contributed by atoms with Gasteiger partial charge in [-0.05, 0) is 19.8 Å². The summed E-state index contributed by atoms with van der Waals surface area (Å²) < 4.78 is 16.6. The van der Waals surface area contributed by atoms with E-state index in [1.807, 2.05) is 0 Å². The van der Waals surface area contributed by atoms with Crippen molar-refractivity contribution in [2.75, 3.05) is 13.8 Å². The molecular formula is C9H13FO3. The molecule has 0 bridgehead atoms. The zero-order valence-corrected chi connectivity index (χ0v) is 7.80. The maximum Gasteiger partial charge on any atom is 0.311 e. The van der Waals surface area contributed by atoms with Gasteiger partial charge in [-0.2, -0.15) is 0 Å². The number of hydrogen-bond donors (Lipinski definition) is 0. The molecule has 0 aromatic rings. The number of ether oxygens (including phenoxy) is 1. The molecule has 4 heteroatoms. The number of carbonyl (C=O) groups is 1. The minimum absolute atomic E-state index is 0.296. The molecule has 0 aliphatic carbocycles. The minimum atomic E-state index is -0.756. The van der Waals surface area contributed by atoms with Gasteiger partial charge >= 0.3 is 5.97 Å². The third kappa shape index (κ3) is 4.43. The first-order valence-electron chi connectivity index (χ1n) is 4.00. The van der Waals surface area contributed by atoms with E-state index in [1.54, 1.807) is 12.9 Å². The number of allylic oxidation sites excluding steroid dienone is 1. The van der Waals surface area contributed by atoms with Crippen LogP contribution >= 0.6 is 0 Å². The Hall–Kier alpha value is -1.15. The van der Waals surface area contributed by atoms with E-state index in [9.17, 15) is 14.0 Å². The van der Waals surface area contributed by atoms with Crippen LogP contribution < -0.4 is 0 Å². The summed E-state index contributed by atoms with van der Waals surface area (Å²) in [6.07, 6.45) is 0.678. The second-order valence-electron chi connectivity index (χ2n) is 2.80. The van der Waals surface area contributed by atoms with Gasteiger partial charge in [-0.25, -0.2) is 4.79 Å². The molecule has 0 N–H and O–H groups in total. The number of esters is 1. The van der Waals surface area contributed by atoms with E-state index in [-0.39, 0.29) is 0 Å². The lowest BCUT2D eigenvalue weighted by atomic mass is 10.0.